The number of hydrogen-bond donors (Lipinski definition) is 3. The van der Waals surface area contributed by atoms with E-state index in [0.717, 1.165) is 26.1 Å². The lowest BCUT2D eigenvalue weighted by Crippen LogP contribution is -2.42. The maximum Gasteiger partial charge on any atom is 0.447 e. The highest BCUT2D eigenvalue weighted by Gasteiger charge is 2.33. The molecule has 0 saturated carbocycles. The molecule has 0 aliphatic carbocycles. The van der Waals surface area contributed by atoms with Gasteiger partial charge in [0.2, 0.25) is 5.91 Å². The Kier molecular flexibility index (Phi) is 12.8. The van der Waals surface area contributed by atoms with Gasteiger partial charge in [0, 0.05) is 56.2 Å². The van der Waals surface area contributed by atoms with Gasteiger partial charge in [-0.1, -0.05) is 11.8 Å². The Morgan fingerprint density at radius 3 is 2.74 bits per heavy atom. The maximum atomic E-state index is 15.3. The number of benzene rings is 1. The van der Waals surface area contributed by atoms with Crippen LogP contribution in [0.4, 0.5) is 28.9 Å². The minimum Gasteiger partial charge on any atom is -0.495 e. The quantitative estimate of drug-likeness (QED) is 0.0900. The largest absolute Gasteiger partial charge is 0.495 e. The number of amides is 1. The van der Waals surface area contributed by atoms with Gasteiger partial charge in [0.1, 0.15) is 23.2 Å². The summed E-state index contributed by atoms with van der Waals surface area (Å²) in [5.74, 6) is 5.90. The Hall–Kier alpha value is -3.93. The van der Waals surface area contributed by atoms with E-state index in [9.17, 15) is 22.8 Å². The number of aromatic nitrogens is 1. The number of rotatable bonds is 15. The van der Waals surface area contributed by atoms with Crippen LogP contribution in [0.1, 0.15) is 29.3 Å². The van der Waals surface area contributed by atoms with Crippen molar-refractivity contribution < 1.29 is 31.9 Å². The van der Waals surface area contributed by atoms with E-state index in [0.29, 0.717) is 47.6 Å². The summed E-state index contributed by atoms with van der Waals surface area (Å²) in [6.45, 7) is 5.26. The predicted octanol–water partition coefficient (Wildman–Crippen LogP) is 4.98. The summed E-state index contributed by atoms with van der Waals surface area (Å²) in [6, 6.07) is 9.61. The van der Waals surface area contributed by atoms with Crippen molar-refractivity contribution in [2.75, 3.05) is 77.1 Å². The van der Waals surface area contributed by atoms with Crippen LogP contribution in [0, 0.1) is 17.8 Å². The molecule has 254 valence electrons. The van der Waals surface area contributed by atoms with Crippen LogP contribution in [0.5, 0.6) is 5.75 Å². The molecule has 1 aliphatic rings. The molecule has 14 heteroatoms. The van der Waals surface area contributed by atoms with Crippen molar-refractivity contribution in [1.29, 1.82) is 0 Å². The number of aldehydes is 1. The third kappa shape index (κ3) is 9.79. The van der Waals surface area contributed by atoms with Crippen LogP contribution in [0.3, 0.4) is 0 Å². The average Bonchev–Trinajstić information content (AvgIpc) is 3.67. The number of nitrogens with one attached hydrogen (secondary N) is 3. The molecule has 1 aliphatic heterocycles. The number of fused-ring (bicyclic) bond motifs is 1. The molecule has 1 fully saturated rings. The normalized spacial score (nSPS) is 15.6. The van der Waals surface area contributed by atoms with Crippen LogP contribution in [-0.2, 0) is 4.79 Å². The topological polar surface area (TPSA) is 90.4 Å². The summed E-state index contributed by atoms with van der Waals surface area (Å²) in [4.78, 5) is 28.0. The van der Waals surface area contributed by atoms with Crippen LogP contribution < -0.4 is 20.7 Å². The van der Waals surface area contributed by atoms with Gasteiger partial charge in [0.05, 0.1) is 48.6 Å². The molecule has 1 aromatic carbocycles. The first kappa shape index (κ1) is 35.9. The number of methoxy groups -OCH3 is 1. The van der Waals surface area contributed by atoms with Gasteiger partial charge in [-0.25, -0.2) is 4.39 Å². The number of likely N-dealkylation sites (N-methyl/N-ethyl adjacent to an activating group) is 1. The zero-order chi connectivity index (χ0) is 34.0. The second-order valence-electron chi connectivity index (χ2n) is 11.1. The van der Waals surface area contributed by atoms with Crippen LogP contribution >= 0.6 is 11.8 Å². The number of alkyl halides is 4. The fourth-order valence-corrected chi connectivity index (χ4v) is 6.19. The van der Waals surface area contributed by atoms with E-state index in [-0.39, 0.29) is 53.8 Å². The zero-order valence-electron chi connectivity index (χ0n) is 26.6. The number of carbonyl (C=O) groups is 2. The number of anilines is 2. The summed E-state index contributed by atoms with van der Waals surface area (Å²) in [5, 5.41) is 9.07. The number of pyridine rings is 1. The molecule has 1 amide bonds. The predicted molar refractivity (Wildman–Crippen MR) is 177 cm³/mol. The average molecular weight is 677 g/mol. The smallest absolute Gasteiger partial charge is 0.447 e. The molecule has 3 N–H and O–H groups in total. The van der Waals surface area contributed by atoms with Gasteiger partial charge >= 0.3 is 5.51 Å². The molecule has 3 aromatic rings. The first-order valence-electron chi connectivity index (χ1n) is 15.4. The van der Waals surface area contributed by atoms with E-state index in [2.05, 4.69) is 32.7 Å². The third-order valence-electron chi connectivity index (χ3n) is 7.85. The summed E-state index contributed by atoms with van der Waals surface area (Å²) in [7, 11) is 3.34. The molecule has 0 spiro atoms. The minimum atomic E-state index is -4.57. The first-order valence-corrected chi connectivity index (χ1v) is 16.2. The molecule has 2 aromatic heterocycles. The lowest BCUT2D eigenvalue weighted by molar-refractivity contribution is -0.135. The fraction of sp³-hybridized carbons (Fsp3) is 0.455. The molecular weight excluding hydrogens is 636 g/mol. The van der Waals surface area contributed by atoms with Crippen LogP contribution in [-0.4, -0.2) is 105 Å². The molecule has 2 atom stereocenters. The number of thioether (sulfide) groups is 1. The molecule has 1 unspecified atom stereocenters. The molecule has 3 heterocycles. The Balaban J connectivity index is 1.45. The minimum absolute atomic E-state index is 0.0567. The van der Waals surface area contributed by atoms with Gasteiger partial charge in [0.25, 0.3) is 0 Å². The van der Waals surface area contributed by atoms with Crippen molar-refractivity contribution in [3.05, 3.63) is 53.7 Å². The molecule has 0 radical (unpaired) electrons. The second kappa shape index (κ2) is 16.8. The standard InChI is InChI=1S/C33H40F4N6O3S/c1-4-42(31(45)25-11-15-41(20-25)16-13-38-2)21-26(34)19-40-27-8-6-14-43-29(27)18-24(32(43)47-33(35,36)37)7-5-12-39-28-10-9-23(22-44)17-30(28)46-3/h6,8-10,14,17-18,22,25-26,38-40H,4,11-13,15-16,19-21H2,1-3H3/t25?,26-/m1/s1. The Labute approximate surface area is 276 Å². The number of nitrogens with zero attached hydrogens (tertiary/aromatic N) is 3. The number of ether oxygens (including phenoxy) is 1. The van der Waals surface area contributed by atoms with Crippen molar-refractivity contribution in [2.24, 2.45) is 5.92 Å². The van der Waals surface area contributed by atoms with Gasteiger partial charge in [-0.2, -0.15) is 13.2 Å². The van der Waals surface area contributed by atoms with E-state index >= 15 is 4.39 Å². The highest BCUT2D eigenvalue weighted by molar-refractivity contribution is 8.00. The molecule has 47 heavy (non-hydrogen) atoms. The van der Waals surface area contributed by atoms with Crippen molar-refractivity contribution >= 4 is 40.8 Å². The van der Waals surface area contributed by atoms with Crippen molar-refractivity contribution in [3.63, 3.8) is 0 Å². The van der Waals surface area contributed by atoms with Crippen LogP contribution in [0.15, 0.2) is 47.6 Å². The lowest BCUT2D eigenvalue weighted by atomic mass is 10.1. The van der Waals surface area contributed by atoms with E-state index in [1.165, 1.54) is 23.8 Å². The maximum absolute atomic E-state index is 15.3. The lowest BCUT2D eigenvalue weighted by Gasteiger charge is -2.26. The molecule has 0 bridgehead atoms. The summed E-state index contributed by atoms with van der Waals surface area (Å²) >= 11 is -0.274. The van der Waals surface area contributed by atoms with Gasteiger partial charge < -0.3 is 34.9 Å². The van der Waals surface area contributed by atoms with Gasteiger partial charge in [-0.15, -0.1) is 0 Å². The van der Waals surface area contributed by atoms with Crippen LogP contribution in [0.2, 0.25) is 0 Å². The van der Waals surface area contributed by atoms with Crippen LogP contribution in [0.25, 0.3) is 5.52 Å². The fourth-order valence-electron chi connectivity index (χ4n) is 5.50. The zero-order valence-corrected chi connectivity index (χ0v) is 27.4. The molecular formula is C33H40F4N6O3S. The summed E-state index contributed by atoms with van der Waals surface area (Å²) in [6.07, 6.45) is 1.54. The van der Waals surface area contributed by atoms with Crippen molar-refractivity contribution in [3.8, 4) is 17.6 Å². The Bertz CT molecular complexity index is 1590. The number of likely N-dealkylation sites (tertiary alicyclic amines) is 1. The Morgan fingerprint density at radius 1 is 1.23 bits per heavy atom. The third-order valence-corrected chi connectivity index (χ3v) is 8.70. The van der Waals surface area contributed by atoms with E-state index < -0.39 is 11.7 Å². The monoisotopic (exact) mass is 676 g/mol. The van der Waals surface area contributed by atoms with Gasteiger partial charge in [0.15, 0.2) is 0 Å². The van der Waals surface area contributed by atoms with E-state index in [1.807, 2.05) is 14.0 Å². The second-order valence-corrected chi connectivity index (χ2v) is 12.1. The van der Waals surface area contributed by atoms with E-state index in [4.69, 9.17) is 4.74 Å². The highest BCUT2D eigenvalue weighted by Crippen LogP contribution is 2.40. The number of carbonyl (C=O) groups excluding carboxylic acids is 2. The molecule has 4 rings (SSSR count). The number of hydrogen-bond acceptors (Lipinski definition) is 8. The van der Waals surface area contributed by atoms with Gasteiger partial charge in [-0.05, 0) is 63.3 Å². The summed E-state index contributed by atoms with van der Waals surface area (Å²) < 4.78 is 62.7. The van der Waals surface area contributed by atoms with Gasteiger partial charge in [-0.3, -0.25) is 9.59 Å². The first-order chi connectivity index (χ1) is 22.6. The highest BCUT2D eigenvalue weighted by atomic mass is 32.2. The molecule has 1 saturated heterocycles. The van der Waals surface area contributed by atoms with Crippen molar-refractivity contribution in [1.82, 2.24) is 19.5 Å². The SMILES string of the molecule is CCN(C[C@H](F)CNc1cccn2c(SC(F)(F)F)c(C#CCNc3ccc(C=O)cc3OC)cc12)C(=O)C1CCN(CCNC)C1. The van der Waals surface area contributed by atoms with E-state index in [1.54, 1.807) is 35.2 Å². The number of halogens is 4. The van der Waals surface area contributed by atoms with Crippen molar-refractivity contribution in [2.45, 2.75) is 30.1 Å². The molecule has 9 nitrogen and oxygen atoms in total. The Morgan fingerprint density at radius 2 is 2.04 bits per heavy atom. The summed E-state index contributed by atoms with van der Waals surface area (Å²) in [5.41, 5.74) is -2.55.